The molecule has 0 saturated carbocycles. The van der Waals surface area contributed by atoms with Gasteiger partial charge in [-0.3, -0.25) is 0 Å². The predicted molar refractivity (Wildman–Crippen MR) is 129 cm³/mol. The molecule has 0 aliphatic carbocycles. The summed E-state index contributed by atoms with van der Waals surface area (Å²) in [7, 11) is -0.578. The number of rotatable bonds is 5. The van der Waals surface area contributed by atoms with Gasteiger partial charge in [-0.25, -0.2) is 0 Å². The van der Waals surface area contributed by atoms with E-state index in [9.17, 15) is 0 Å². The van der Waals surface area contributed by atoms with Crippen LogP contribution >= 0.6 is 15.8 Å². The Morgan fingerprint density at radius 3 is 0.964 bits per heavy atom. The highest BCUT2D eigenvalue weighted by molar-refractivity contribution is 7.72. The van der Waals surface area contributed by atoms with E-state index in [1.54, 1.807) is 0 Å². The van der Waals surface area contributed by atoms with Gasteiger partial charge in [-0.05, 0) is 61.5 Å². The van der Waals surface area contributed by atoms with Crippen LogP contribution in [0.3, 0.4) is 0 Å². The van der Waals surface area contributed by atoms with Crippen molar-refractivity contribution in [3.05, 3.63) is 109 Å². The Labute approximate surface area is 170 Å². The smallest absolute Gasteiger partial charge is 0.0184 e. The molecule has 0 aliphatic rings. The third-order valence-electron chi connectivity index (χ3n) is 5.13. The largest absolute Gasteiger partial charge is 0.0622 e. The molecule has 28 heavy (non-hydrogen) atoms. The van der Waals surface area contributed by atoms with Gasteiger partial charge in [-0.15, -0.1) is 0 Å². The average Bonchev–Trinajstić information content (AvgIpc) is 2.79. The van der Waals surface area contributed by atoms with Crippen LogP contribution in [-0.4, -0.2) is 13.3 Å². The van der Waals surface area contributed by atoms with Crippen molar-refractivity contribution in [1.82, 2.24) is 0 Å². The second-order valence-corrected chi connectivity index (χ2v) is 11.2. The molecule has 138 valence electrons. The molecule has 0 nitrogen and oxygen atoms in total. The highest BCUT2D eigenvalue weighted by Crippen LogP contribution is 2.31. The van der Waals surface area contributed by atoms with Crippen molar-refractivity contribution < 1.29 is 0 Å². The van der Waals surface area contributed by atoms with Crippen LogP contribution in [0.25, 0.3) is 11.1 Å². The van der Waals surface area contributed by atoms with E-state index in [1.165, 1.54) is 32.3 Å². The third kappa shape index (κ3) is 4.25. The van der Waals surface area contributed by atoms with Gasteiger partial charge in [0.15, 0.2) is 0 Å². The molecule has 2 atom stereocenters. The van der Waals surface area contributed by atoms with Crippen molar-refractivity contribution in [3.8, 4) is 11.1 Å². The summed E-state index contributed by atoms with van der Waals surface area (Å²) in [5.41, 5.74) is 2.57. The fourth-order valence-corrected chi connectivity index (χ4v) is 6.38. The van der Waals surface area contributed by atoms with Gasteiger partial charge in [-0.2, -0.15) is 0 Å². The maximum atomic E-state index is 2.33. The number of hydrogen-bond donors (Lipinski definition) is 0. The lowest BCUT2D eigenvalue weighted by molar-refractivity contribution is 1.65. The summed E-state index contributed by atoms with van der Waals surface area (Å²) in [6.45, 7) is 4.67. The molecule has 2 unspecified atom stereocenters. The van der Waals surface area contributed by atoms with Crippen LogP contribution in [0.15, 0.2) is 109 Å². The van der Waals surface area contributed by atoms with Gasteiger partial charge in [-0.1, -0.05) is 109 Å². The quantitative estimate of drug-likeness (QED) is 0.391. The molecular formula is C26H24P2. The number of hydrogen-bond acceptors (Lipinski definition) is 0. The fourth-order valence-electron chi connectivity index (χ4n) is 3.36. The highest BCUT2D eigenvalue weighted by Gasteiger charge is 2.09. The van der Waals surface area contributed by atoms with E-state index in [1.807, 2.05) is 0 Å². The van der Waals surface area contributed by atoms with E-state index >= 15 is 0 Å². The van der Waals surface area contributed by atoms with Gasteiger partial charge in [0.25, 0.3) is 0 Å². The maximum Gasteiger partial charge on any atom is -0.0184 e. The predicted octanol–water partition coefficient (Wildman–Crippen LogP) is 5.48. The number of benzene rings is 4. The Balaban J connectivity index is 1.52. The van der Waals surface area contributed by atoms with E-state index < -0.39 is 0 Å². The van der Waals surface area contributed by atoms with E-state index in [-0.39, 0.29) is 15.8 Å². The van der Waals surface area contributed by atoms with Crippen molar-refractivity contribution >= 4 is 37.1 Å². The molecule has 0 bridgehead atoms. The summed E-state index contributed by atoms with van der Waals surface area (Å²) in [6.07, 6.45) is 0. The standard InChI is InChI=1S/C26H24P2/c1-27(23-9-5-3-6-10-23)25-17-13-21(14-18-25)22-15-19-26(20-16-22)28(2)24-11-7-4-8-12-24/h3-20H,1-2H3. The van der Waals surface area contributed by atoms with Gasteiger partial charge < -0.3 is 0 Å². The molecular weight excluding hydrogens is 374 g/mol. The minimum absolute atomic E-state index is 0.289. The second-order valence-electron chi connectivity index (χ2n) is 6.88. The van der Waals surface area contributed by atoms with Crippen molar-refractivity contribution in [3.63, 3.8) is 0 Å². The Morgan fingerprint density at radius 2 is 0.643 bits per heavy atom. The molecule has 0 radical (unpaired) electrons. The molecule has 0 spiro atoms. The van der Waals surface area contributed by atoms with Crippen LogP contribution in [-0.2, 0) is 0 Å². The minimum atomic E-state index is -0.289. The Hall–Kier alpha value is -2.26. The van der Waals surface area contributed by atoms with Crippen molar-refractivity contribution in [2.75, 3.05) is 13.3 Å². The minimum Gasteiger partial charge on any atom is -0.0622 e. The summed E-state index contributed by atoms with van der Waals surface area (Å²) in [4.78, 5) is 0. The average molecular weight is 398 g/mol. The maximum absolute atomic E-state index is 2.33. The van der Waals surface area contributed by atoms with Gasteiger partial charge >= 0.3 is 0 Å². The first-order chi connectivity index (χ1) is 13.7. The first-order valence-corrected chi connectivity index (χ1v) is 13.1. The lowest BCUT2D eigenvalue weighted by atomic mass is 10.1. The Bertz CT molecular complexity index is 920. The van der Waals surface area contributed by atoms with Gasteiger partial charge in [0.2, 0.25) is 0 Å². The first kappa shape index (κ1) is 19.1. The molecule has 0 saturated heterocycles. The summed E-state index contributed by atoms with van der Waals surface area (Å²) in [5, 5.41) is 5.68. The molecule has 0 aromatic heterocycles. The zero-order valence-corrected chi connectivity index (χ0v) is 18.1. The van der Waals surface area contributed by atoms with E-state index in [2.05, 4.69) is 123 Å². The topological polar surface area (TPSA) is 0 Å². The van der Waals surface area contributed by atoms with Crippen LogP contribution < -0.4 is 21.2 Å². The monoisotopic (exact) mass is 398 g/mol. The summed E-state index contributed by atoms with van der Waals surface area (Å²) < 4.78 is 0. The van der Waals surface area contributed by atoms with E-state index in [4.69, 9.17) is 0 Å². The van der Waals surface area contributed by atoms with Crippen molar-refractivity contribution in [1.29, 1.82) is 0 Å². The summed E-state index contributed by atoms with van der Waals surface area (Å²) in [6, 6.07) is 39.8. The van der Waals surface area contributed by atoms with E-state index in [0.717, 1.165) is 0 Å². The molecule has 4 aromatic carbocycles. The van der Waals surface area contributed by atoms with Gasteiger partial charge in [0.05, 0.1) is 0 Å². The van der Waals surface area contributed by atoms with Crippen LogP contribution in [0.5, 0.6) is 0 Å². The SMILES string of the molecule is CP(c1ccccc1)c1ccc(-c2ccc(P(C)c3ccccc3)cc2)cc1. The Kier molecular flexibility index (Phi) is 6.01. The fraction of sp³-hybridized carbons (Fsp3) is 0.0769. The third-order valence-corrected chi connectivity index (χ3v) is 9.42. The van der Waals surface area contributed by atoms with Gasteiger partial charge in [0, 0.05) is 0 Å². The van der Waals surface area contributed by atoms with Crippen LogP contribution in [0.1, 0.15) is 0 Å². The molecule has 0 fully saturated rings. The van der Waals surface area contributed by atoms with Crippen LogP contribution in [0.4, 0.5) is 0 Å². The normalized spacial score (nSPS) is 13.1. The molecule has 2 heteroatoms. The van der Waals surface area contributed by atoms with Crippen molar-refractivity contribution in [2.45, 2.75) is 0 Å². The molecule has 4 rings (SSSR count). The second kappa shape index (κ2) is 8.83. The molecule has 0 heterocycles. The van der Waals surface area contributed by atoms with Crippen molar-refractivity contribution in [2.24, 2.45) is 0 Å². The summed E-state index contributed by atoms with van der Waals surface area (Å²) in [5.74, 6) is 0. The highest BCUT2D eigenvalue weighted by atomic mass is 31.1. The zero-order valence-electron chi connectivity index (χ0n) is 16.3. The molecule has 0 amide bonds. The molecule has 4 aromatic rings. The van der Waals surface area contributed by atoms with E-state index in [0.29, 0.717) is 0 Å². The molecule has 0 aliphatic heterocycles. The van der Waals surface area contributed by atoms with Crippen LogP contribution in [0.2, 0.25) is 0 Å². The lowest BCUT2D eigenvalue weighted by Gasteiger charge is -2.15. The Morgan fingerprint density at radius 1 is 0.357 bits per heavy atom. The first-order valence-electron chi connectivity index (χ1n) is 9.50. The molecule has 0 N–H and O–H groups in total. The summed E-state index contributed by atoms with van der Waals surface area (Å²) >= 11 is 0. The zero-order chi connectivity index (χ0) is 19.3. The van der Waals surface area contributed by atoms with Gasteiger partial charge in [0.1, 0.15) is 0 Å². The van der Waals surface area contributed by atoms with Crippen LogP contribution in [0, 0.1) is 0 Å². The lowest BCUT2D eigenvalue weighted by Crippen LogP contribution is -2.10.